The highest BCUT2D eigenvalue weighted by molar-refractivity contribution is 7.89. The Labute approximate surface area is 203 Å². The van der Waals surface area contributed by atoms with Crippen LogP contribution in [0.3, 0.4) is 0 Å². The van der Waals surface area contributed by atoms with Gasteiger partial charge >= 0.3 is 0 Å². The number of imide groups is 1. The number of piperazine rings is 1. The minimum Gasteiger partial charge on any atom is -0.379 e. The fourth-order valence-electron chi connectivity index (χ4n) is 4.82. The summed E-state index contributed by atoms with van der Waals surface area (Å²) in [5.74, 6) is -0.994. The molecule has 0 aliphatic carbocycles. The van der Waals surface area contributed by atoms with Crippen molar-refractivity contribution in [3.8, 4) is 0 Å². The van der Waals surface area contributed by atoms with Gasteiger partial charge in [-0.1, -0.05) is 0 Å². The lowest BCUT2D eigenvalue weighted by Crippen LogP contribution is -2.52. The Hall–Kier alpha value is -2.86. The molecule has 11 heteroatoms. The zero-order valence-corrected chi connectivity index (χ0v) is 20.0. The van der Waals surface area contributed by atoms with Gasteiger partial charge in [0.2, 0.25) is 15.9 Å². The summed E-state index contributed by atoms with van der Waals surface area (Å²) in [6.45, 7) is 3.98. The molecule has 2 amide bonds. The predicted molar refractivity (Wildman–Crippen MR) is 127 cm³/mol. The van der Waals surface area contributed by atoms with Crippen molar-refractivity contribution in [1.29, 1.82) is 0 Å². The van der Waals surface area contributed by atoms with Crippen molar-refractivity contribution in [2.24, 2.45) is 0 Å². The van der Waals surface area contributed by atoms with Crippen LogP contribution in [0, 0.1) is 5.82 Å². The highest BCUT2D eigenvalue weighted by Gasteiger charge is 2.43. The van der Waals surface area contributed by atoms with Crippen LogP contribution >= 0.6 is 0 Å². The molecular weight excluding hydrogens is 475 g/mol. The van der Waals surface area contributed by atoms with Crippen LogP contribution in [0.2, 0.25) is 0 Å². The molecule has 0 unspecified atom stereocenters. The Morgan fingerprint density at radius 1 is 0.800 bits per heavy atom. The molecule has 9 nitrogen and oxygen atoms in total. The van der Waals surface area contributed by atoms with Gasteiger partial charge in [0.1, 0.15) is 5.82 Å². The van der Waals surface area contributed by atoms with Gasteiger partial charge in [-0.25, -0.2) is 17.7 Å². The van der Waals surface area contributed by atoms with Gasteiger partial charge in [0, 0.05) is 45.0 Å². The molecule has 0 aromatic heterocycles. The number of carbonyl (C=O) groups is 2. The van der Waals surface area contributed by atoms with E-state index in [1.165, 1.54) is 28.6 Å². The molecular formula is C24H27FN4O5S. The number of morpholine rings is 1. The van der Waals surface area contributed by atoms with Crippen molar-refractivity contribution in [1.82, 2.24) is 9.21 Å². The summed E-state index contributed by atoms with van der Waals surface area (Å²) in [6.07, 6.45) is 0.101. The topological polar surface area (TPSA) is 90.5 Å². The summed E-state index contributed by atoms with van der Waals surface area (Å²) in [6, 6.07) is 11.7. The van der Waals surface area contributed by atoms with Crippen LogP contribution < -0.4 is 9.80 Å². The summed E-state index contributed by atoms with van der Waals surface area (Å²) < 4.78 is 45.6. The molecule has 0 radical (unpaired) electrons. The number of hydrogen-bond acceptors (Lipinski definition) is 7. The van der Waals surface area contributed by atoms with Crippen LogP contribution in [-0.2, 0) is 24.3 Å². The molecule has 1 atom stereocenters. The number of rotatable bonds is 5. The molecule has 2 aromatic carbocycles. The first kappa shape index (κ1) is 23.9. The average molecular weight is 503 g/mol. The number of anilines is 2. The van der Waals surface area contributed by atoms with Gasteiger partial charge in [0.15, 0.2) is 0 Å². The van der Waals surface area contributed by atoms with Crippen molar-refractivity contribution < 1.29 is 27.1 Å². The summed E-state index contributed by atoms with van der Waals surface area (Å²) in [7, 11) is -3.54. The SMILES string of the molecule is O=C1C[C@@H](N2CCN(c3ccc(S(=O)(=O)N4CCOCC4)cc3)CC2)C(=O)N1c1ccc(F)cc1. The lowest BCUT2D eigenvalue weighted by molar-refractivity contribution is -0.123. The van der Waals surface area contributed by atoms with E-state index in [2.05, 4.69) is 4.90 Å². The second-order valence-electron chi connectivity index (χ2n) is 8.80. The summed E-state index contributed by atoms with van der Waals surface area (Å²) in [5, 5.41) is 0. The van der Waals surface area contributed by atoms with E-state index >= 15 is 0 Å². The lowest BCUT2D eigenvalue weighted by atomic mass is 10.1. The maximum atomic E-state index is 13.2. The van der Waals surface area contributed by atoms with Gasteiger partial charge in [-0.05, 0) is 48.5 Å². The van der Waals surface area contributed by atoms with Gasteiger partial charge < -0.3 is 9.64 Å². The first-order chi connectivity index (χ1) is 16.8. The molecule has 5 rings (SSSR count). The average Bonchev–Trinajstić information content (AvgIpc) is 3.19. The fourth-order valence-corrected chi connectivity index (χ4v) is 6.23. The van der Waals surface area contributed by atoms with E-state index in [0.717, 1.165) is 10.6 Å². The van der Waals surface area contributed by atoms with Gasteiger partial charge in [-0.3, -0.25) is 14.5 Å². The molecule has 0 saturated carbocycles. The van der Waals surface area contributed by atoms with Crippen LogP contribution in [0.4, 0.5) is 15.8 Å². The second-order valence-corrected chi connectivity index (χ2v) is 10.7. The van der Waals surface area contributed by atoms with Gasteiger partial charge in [-0.2, -0.15) is 4.31 Å². The van der Waals surface area contributed by atoms with E-state index in [1.807, 2.05) is 17.0 Å². The normalized spacial score (nSPS) is 22.7. The van der Waals surface area contributed by atoms with Crippen LogP contribution in [0.15, 0.2) is 53.4 Å². The molecule has 3 aliphatic rings. The van der Waals surface area contributed by atoms with Crippen molar-refractivity contribution in [2.45, 2.75) is 17.4 Å². The molecule has 3 aliphatic heterocycles. The van der Waals surface area contributed by atoms with Crippen LogP contribution in [-0.4, -0.2) is 88.0 Å². The van der Waals surface area contributed by atoms with Crippen molar-refractivity contribution in [2.75, 3.05) is 62.3 Å². The Bertz CT molecular complexity index is 1190. The monoisotopic (exact) mass is 502 g/mol. The number of benzene rings is 2. The number of amides is 2. The van der Waals surface area contributed by atoms with Crippen LogP contribution in [0.5, 0.6) is 0 Å². The molecule has 3 saturated heterocycles. The van der Waals surface area contributed by atoms with Crippen molar-refractivity contribution >= 4 is 33.2 Å². The number of hydrogen-bond donors (Lipinski definition) is 0. The summed E-state index contributed by atoms with van der Waals surface area (Å²) in [5.41, 5.74) is 1.29. The highest BCUT2D eigenvalue weighted by atomic mass is 32.2. The van der Waals surface area contributed by atoms with Crippen molar-refractivity contribution in [3.05, 3.63) is 54.3 Å². The standard InChI is InChI=1S/C24H27FN4O5S/c25-18-1-3-20(4-2-18)29-23(30)17-22(24(29)31)27-11-9-26(10-12-27)19-5-7-21(8-6-19)35(32,33)28-13-15-34-16-14-28/h1-8,22H,9-17H2/t22-/m1/s1. The van der Waals surface area contributed by atoms with Gasteiger partial charge in [0.05, 0.1) is 36.3 Å². The lowest BCUT2D eigenvalue weighted by Gasteiger charge is -2.38. The van der Waals surface area contributed by atoms with Crippen LogP contribution in [0.1, 0.15) is 6.42 Å². The molecule has 3 heterocycles. The molecule has 0 spiro atoms. The molecule has 186 valence electrons. The molecule has 35 heavy (non-hydrogen) atoms. The van der Waals surface area contributed by atoms with E-state index in [0.29, 0.717) is 58.2 Å². The molecule has 0 bridgehead atoms. The fraction of sp³-hybridized carbons (Fsp3) is 0.417. The predicted octanol–water partition coefficient (Wildman–Crippen LogP) is 1.30. The van der Waals surface area contributed by atoms with Crippen molar-refractivity contribution in [3.63, 3.8) is 0 Å². The van der Waals surface area contributed by atoms with E-state index in [-0.39, 0.29) is 23.1 Å². The van der Waals surface area contributed by atoms with Gasteiger partial charge in [0.25, 0.3) is 5.91 Å². The maximum Gasteiger partial charge on any atom is 0.251 e. The zero-order chi connectivity index (χ0) is 24.6. The number of ether oxygens (including phenoxy) is 1. The maximum absolute atomic E-state index is 13.2. The minimum atomic E-state index is -3.54. The van der Waals surface area contributed by atoms with Crippen LogP contribution in [0.25, 0.3) is 0 Å². The number of nitrogens with zero attached hydrogens (tertiary/aromatic N) is 4. The first-order valence-electron chi connectivity index (χ1n) is 11.6. The number of carbonyl (C=O) groups excluding carboxylic acids is 2. The summed E-state index contributed by atoms with van der Waals surface area (Å²) >= 11 is 0. The molecule has 3 fully saturated rings. The number of sulfonamides is 1. The highest BCUT2D eigenvalue weighted by Crippen LogP contribution is 2.28. The third-order valence-corrected chi connectivity index (χ3v) is 8.69. The largest absolute Gasteiger partial charge is 0.379 e. The summed E-state index contributed by atoms with van der Waals surface area (Å²) in [4.78, 5) is 31.1. The van der Waals surface area contributed by atoms with Gasteiger partial charge in [-0.15, -0.1) is 0 Å². The third-order valence-electron chi connectivity index (χ3n) is 6.77. The van der Waals surface area contributed by atoms with E-state index in [1.54, 1.807) is 12.1 Å². The number of halogens is 1. The second kappa shape index (κ2) is 9.65. The third kappa shape index (κ3) is 4.68. The molecule has 0 N–H and O–H groups in total. The Balaban J connectivity index is 1.21. The van der Waals surface area contributed by atoms with E-state index in [9.17, 15) is 22.4 Å². The Kier molecular flexibility index (Phi) is 6.58. The van der Waals surface area contributed by atoms with E-state index in [4.69, 9.17) is 4.74 Å². The Morgan fingerprint density at radius 2 is 1.40 bits per heavy atom. The smallest absolute Gasteiger partial charge is 0.251 e. The minimum absolute atomic E-state index is 0.101. The quantitative estimate of drug-likeness (QED) is 0.570. The Morgan fingerprint density at radius 3 is 2.03 bits per heavy atom. The zero-order valence-electron chi connectivity index (χ0n) is 19.2. The van der Waals surface area contributed by atoms with E-state index < -0.39 is 21.9 Å². The molecule has 2 aromatic rings. The first-order valence-corrected chi connectivity index (χ1v) is 13.1.